The lowest BCUT2D eigenvalue weighted by molar-refractivity contribution is -0.125. The molecule has 3 heterocycles. The summed E-state index contributed by atoms with van der Waals surface area (Å²) in [5.41, 5.74) is 7.07. The highest BCUT2D eigenvalue weighted by atomic mass is 19.1. The molecular weight excluding hydrogens is 471 g/mol. The second kappa shape index (κ2) is 9.28. The van der Waals surface area contributed by atoms with Crippen molar-refractivity contribution in [3.63, 3.8) is 0 Å². The fourth-order valence-electron chi connectivity index (χ4n) is 5.45. The van der Waals surface area contributed by atoms with E-state index < -0.39 is 6.04 Å². The van der Waals surface area contributed by atoms with Gasteiger partial charge < -0.3 is 14.6 Å². The van der Waals surface area contributed by atoms with Crippen LogP contribution in [-0.4, -0.2) is 46.3 Å². The zero-order valence-corrected chi connectivity index (χ0v) is 20.3. The van der Waals surface area contributed by atoms with Crippen molar-refractivity contribution in [1.29, 1.82) is 0 Å². The van der Waals surface area contributed by atoms with Crippen molar-refractivity contribution in [1.82, 2.24) is 20.2 Å². The summed E-state index contributed by atoms with van der Waals surface area (Å²) in [6.45, 7) is 0.316. The van der Waals surface area contributed by atoms with Gasteiger partial charge in [-0.25, -0.2) is 4.39 Å². The van der Waals surface area contributed by atoms with Gasteiger partial charge in [0.05, 0.1) is 22.9 Å². The maximum atomic E-state index is 14.0. The fraction of sp³-hybridized carbons (Fsp3) is 0.241. The number of likely N-dealkylation sites (N-methyl/N-ethyl adjacent to an activating group) is 1. The zero-order chi connectivity index (χ0) is 25.5. The number of hydrogen-bond donors (Lipinski definition) is 1. The molecular formula is C29H25FN4O3. The van der Waals surface area contributed by atoms with Crippen LogP contribution in [0.5, 0.6) is 0 Å². The number of aromatic nitrogens is 2. The molecule has 0 fully saturated rings. The quantitative estimate of drug-likeness (QED) is 0.449. The van der Waals surface area contributed by atoms with Crippen molar-refractivity contribution in [2.24, 2.45) is 0 Å². The molecule has 2 aromatic carbocycles. The van der Waals surface area contributed by atoms with Crippen LogP contribution in [0.1, 0.15) is 39.2 Å². The highest BCUT2D eigenvalue weighted by Crippen LogP contribution is 2.41. The van der Waals surface area contributed by atoms with E-state index in [2.05, 4.69) is 15.3 Å². The summed E-state index contributed by atoms with van der Waals surface area (Å²) in [6.07, 6.45) is 7.04. The Morgan fingerprint density at radius 1 is 1.08 bits per heavy atom. The number of amides is 2. The number of carbonyl (C=O) groups is 2. The van der Waals surface area contributed by atoms with E-state index in [1.54, 1.807) is 36.5 Å². The number of benzene rings is 2. The lowest BCUT2D eigenvalue weighted by Crippen LogP contribution is -2.51. The summed E-state index contributed by atoms with van der Waals surface area (Å²) in [5.74, 6) is -0.206. The van der Waals surface area contributed by atoms with Gasteiger partial charge in [0.15, 0.2) is 0 Å². The predicted molar refractivity (Wildman–Crippen MR) is 136 cm³/mol. The minimum atomic E-state index is -0.688. The molecule has 186 valence electrons. The Kier molecular flexibility index (Phi) is 5.79. The molecule has 1 aliphatic carbocycles. The normalized spacial score (nSPS) is 16.6. The second-order valence-corrected chi connectivity index (χ2v) is 9.46. The molecule has 0 spiro atoms. The summed E-state index contributed by atoms with van der Waals surface area (Å²) in [4.78, 5) is 37.0. The van der Waals surface area contributed by atoms with Crippen molar-refractivity contribution in [3.8, 4) is 0 Å². The molecule has 0 saturated carbocycles. The predicted octanol–water partition coefficient (Wildman–Crippen LogP) is 4.12. The van der Waals surface area contributed by atoms with E-state index >= 15 is 0 Å². The summed E-state index contributed by atoms with van der Waals surface area (Å²) >= 11 is 0. The number of fused-ring (bicyclic) bond motifs is 3. The topological polar surface area (TPSA) is 88.3 Å². The van der Waals surface area contributed by atoms with E-state index in [1.165, 1.54) is 18.4 Å². The standard InChI is InChI=1S/C29H25FN4O3/c1-31-28(35)26-15-23-19(13-18-4-5-20(30)14-22(18)23)16-34(26)29(36)21-8-11-37-27(21)7-3-17-2-6-24-25(12-17)33-10-9-32-24/h2,4-6,8-12,14,26H,3,7,13,15-16H2,1H3,(H,31,35)/t26-/m1/s1. The molecule has 6 rings (SSSR count). The van der Waals surface area contributed by atoms with Crippen molar-refractivity contribution >= 4 is 28.4 Å². The van der Waals surface area contributed by atoms with Crippen LogP contribution in [0.25, 0.3) is 16.6 Å². The average molecular weight is 497 g/mol. The van der Waals surface area contributed by atoms with Crippen LogP contribution in [-0.2, 0) is 24.1 Å². The molecule has 1 aliphatic heterocycles. The molecule has 0 bridgehead atoms. The number of hydrogen-bond acceptors (Lipinski definition) is 5. The van der Waals surface area contributed by atoms with Gasteiger partial charge in [-0.05, 0) is 71.0 Å². The minimum Gasteiger partial charge on any atom is -0.468 e. The summed E-state index contributed by atoms with van der Waals surface area (Å²) < 4.78 is 19.7. The van der Waals surface area contributed by atoms with Gasteiger partial charge in [-0.1, -0.05) is 12.1 Å². The Morgan fingerprint density at radius 2 is 1.92 bits per heavy atom. The van der Waals surface area contributed by atoms with Crippen LogP contribution in [0.15, 0.2) is 71.1 Å². The molecule has 4 aromatic rings. The molecule has 0 radical (unpaired) electrons. The van der Waals surface area contributed by atoms with Gasteiger partial charge in [0.1, 0.15) is 17.6 Å². The van der Waals surface area contributed by atoms with E-state index in [4.69, 9.17) is 4.42 Å². The van der Waals surface area contributed by atoms with Crippen LogP contribution >= 0.6 is 0 Å². The van der Waals surface area contributed by atoms with Crippen LogP contribution in [0.3, 0.4) is 0 Å². The second-order valence-electron chi connectivity index (χ2n) is 9.46. The summed E-state index contributed by atoms with van der Waals surface area (Å²) in [5, 5.41) is 2.69. The van der Waals surface area contributed by atoms with Gasteiger partial charge in [-0.3, -0.25) is 19.6 Å². The van der Waals surface area contributed by atoms with Gasteiger partial charge in [0, 0.05) is 38.8 Å². The van der Waals surface area contributed by atoms with E-state index in [0.29, 0.717) is 43.6 Å². The first-order valence-electron chi connectivity index (χ1n) is 12.3. The number of nitrogens with one attached hydrogen (secondary N) is 1. The highest BCUT2D eigenvalue weighted by Gasteiger charge is 2.39. The first-order valence-corrected chi connectivity index (χ1v) is 12.3. The SMILES string of the molecule is CNC(=O)[C@H]1CC2=C(Cc3ccc(F)cc32)CN1C(=O)c1ccoc1CCc1ccc2nccnc2c1. The van der Waals surface area contributed by atoms with E-state index in [9.17, 15) is 14.0 Å². The number of carbonyl (C=O) groups excluding carboxylic acids is 2. The lowest BCUT2D eigenvalue weighted by Gasteiger charge is -2.35. The molecule has 8 heteroatoms. The van der Waals surface area contributed by atoms with Gasteiger partial charge in [-0.2, -0.15) is 0 Å². The van der Waals surface area contributed by atoms with Gasteiger partial charge in [0.2, 0.25) is 5.91 Å². The third-order valence-electron chi connectivity index (χ3n) is 7.32. The van der Waals surface area contributed by atoms with Crippen molar-refractivity contribution in [3.05, 3.63) is 101 Å². The molecule has 2 aromatic heterocycles. The number of rotatable bonds is 5. The van der Waals surface area contributed by atoms with E-state index in [0.717, 1.165) is 38.9 Å². The number of furan rings is 1. The monoisotopic (exact) mass is 496 g/mol. The molecule has 1 atom stereocenters. The maximum absolute atomic E-state index is 14.0. The Hall–Kier alpha value is -4.33. The van der Waals surface area contributed by atoms with Crippen molar-refractivity contribution in [2.75, 3.05) is 13.6 Å². The highest BCUT2D eigenvalue weighted by molar-refractivity contribution is 6.00. The lowest BCUT2D eigenvalue weighted by atomic mass is 9.92. The van der Waals surface area contributed by atoms with Crippen molar-refractivity contribution in [2.45, 2.75) is 31.7 Å². The Balaban J connectivity index is 1.25. The van der Waals surface area contributed by atoms with Gasteiger partial charge >= 0.3 is 0 Å². The fourth-order valence-corrected chi connectivity index (χ4v) is 5.45. The summed E-state index contributed by atoms with van der Waals surface area (Å²) in [7, 11) is 1.56. The molecule has 0 saturated heterocycles. The maximum Gasteiger partial charge on any atom is 0.258 e. The van der Waals surface area contributed by atoms with Crippen LogP contribution in [0.4, 0.5) is 4.39 Å². The smallest absolute Gasteiger partial charge is 0.258 e. The van der Waals surface area contributed by atoms with E-state index in [-0.39, 0.29) is 17.6 Å². The molecule has 7 nitrogen and oxygen atoms in total. The Morgan fingerprint density at radius 3 is 2.76 bits per heavy atom. The molecule has 37 heavy (non-hydrogen) atoms. The zero-order valence-electron chi connectivity index (χ0n) is 20.3. The number of halogens is 1. The molecule has 0 unspecified atom stereocenters. The molecule has 2 amide bonds. The third-order valence-corrected chi connectivity index (χ3v) is 7.32. The number of aryl methyl sites for hydroxylation is 2. The van der Waals surface area contributed by atoms with Crippen LogP contribution in [0.2, 0.25) is 0 Å². The van der Waals surface area contributed by atoms with Crippen LogP contribution < -0.4 is 5.32 Å². The van der Waals surface area contributed by atoms with Crippen LogP contribution in [0, 0.1) is 5.82 Å². The van der Waals surface area contributed by atoms with Gasteiger partial charge in [0.25, 0.3) is 5.91 Å². The number of nitrogens with zero attached hydrogens (tertiary/aromatic N) is 3. The van der Waals surface area contributed by atoms with Gasteiger partial charge in [-0.15, -0.1) is 0 Å². The average Bonchev–Trinajstić information content (AvgIpc) is 3.54. The molecule has 2 aliphatic rings. The Bertz CT molecular complexity index is 1570. The Labute approximate surface area is 213 Å². The van der Waals surface area contributed by atoms with E-state index in [1.807, 2.05) is 18.2 Å². The largest absolute Gasteiger partial charge is 0.468 e. The first kappa shape index (κ1) is 23.1. The summed E-state index contributed by atoms with van der Waals surface area (Å²) in [6, 6.07) is 11.7. The minimum absolute atomic E-state index is 0.240. The molecule has 1 N–H and O–H groups in total. The first-order chi connectivity index (χ1) is 18.0. The third kappa shape index (κ3) is 4.18. The van der Waals surface area contributed by atoms with Crippen molar-refractivity contribution < 1.29 is 18.4 Å².